The van der Waals surface area contributed by atoms with Crippen LogP contribution in [-0.4, -0.2) is 50.1 Å². The number of halogens is 2. The average Bonchev–Trinajstić information content (AvgIpc) is 2.87. The number of hydrogen-bond acceptors (Lipinski definition) is 7. The summed E-state index contributed by atoms with van der Waals surface area (Å²) in [4.78, 5) is 12.9. The molecular weight excluding hydrogens is 524 g/mol. The topological polar surface area (TPSA) is 125 Å². The van der Waals surface area contributed by atoms with Crippen LogP contribution < -0.4 is 16.8 Å². The van der Waals surface area contributed by atoms with E-state index < -0.39 is 56.6 Å². The van der Waals surface area contributed by atoms with Crippen LogP contribution in [0.2, 0.25) is 0 Å². The predicted molar refractivity (Wildman–Crippen MR) is 151 cm³/mol. The highest BCUT2D eigenvalue weighted by Crippen LogP contribution is 2.17. The zero-order valence-corrected chi connectivity index (χ0v) is 24.0. The first-order chi connectivity index (χ1) is 18.5. The second kappa shape index (κ2) is 16.0. The third-order valence-corrected chi connectivity index (χ3v) is 8.97. The lowest BCUT2D eigenvalue weighted by atomic mass is 10.0. The number of carbonyl (C=O) groups excluding carboxylic acids is 1. The molecule has 0 unspecified atom stereocenters. The molecule has 0 saturated carbocycles. The van der Waals surface area contributed by atoms with E-state index in [2.05, 4.69) is 18.3 Å². The van der Waals surface area contributed by atoms with Gasteiger partial charge in [-0.15, -0.1) is 0 Å². The Morgan fingerprint density at radius 2 is 1.56 bits per heavy atom. The molecular formula is C29H43F2N3O4S. The molecule has 0 aliphatic heterocycles. The SMILES string of the molecule is CCCC(CCC)S(=O)(=O)C[C@H](N)C(=O)O[C@H](CNCc1cccc(CC)c1)[C@@H](N)Cc1cc(F)cc(F)c1. The van der Waals surface area contributed by atoms with E-state index in [9.17, 15) is 22.0 Å². The Morgan fingerprint density at radius 1 is 0.949 bits per heavy atom. The first-order valence-electron chi connectivity index (χ1n) is 13.7. The van der Waals surface area contributed by atoms with Crippen LogP contribution in [0.15, 0.2) is 42.5 Å². The van der Waals surface area contributed by atoms with E-state index >= 15 is 0 Å². The van der Waals surface area contributed by atoms with Crippen molar-refractivity contribution in [3.63, 3.8) is 0 Å². The zero-order valence-electron chi connectivity index (χ0n) is 23.2. The third-order valence-electron chi connectivity index (χ3n) is 6.66. The molecule has 39 heavy (non-hydrogen) atoms. The fraction of sp³-hybridized carbons (Fsp3) is 0.552. The van der Waals surface area contributed by atoms with Gasteiger partial charge in [-0.2, -0.15) is 0 Å². The molecule has 0 bridgehead atoms. The second-order valence-electron chi connectivity index (χ2n) is 10.1. The van der Waals surface area contributed by atoms with Gasteiger partial charge in [0.2, 0.25) is 0 Å². The van der Waals surface area contributed by atoms with Crippen molar-refractivity contribution in [3.8, 4) is 0 Å². The summed E-state index contributed by atoms with van der Waals surface area (Å²) in [5, 5.41) is 2.66. The highest BCUT2D eigenvalue weighted by molar-refractivity contribution is 7.92. The maximum absolute atomic E-state index is 13.7. The molecule has 10 heteroatoms. The van der Waals surface area contributed by atoms with Crippen molar-refractivity contribution in [3.05, 3.63) is 70.8 Å². The van der Waals surface area contributed by atoms with Gasteiger partial charge in [0.15, 0.2) is 9.84 Å². The summed E-state index contributed by atoms with van der Waals surface area (Å²) in [6.07, 6.45) is 2.40. The number of carbonyl (C=O) groups is 1. The van der Waals surface area contributed by atoms with Gasteiger partial charge in [0.25, 0.3) is 0 Å². The van der Waals surface area contributed by atoms with Crippen LogP contribution in [-0.2, 0) is 38.8 Å². The average molecular weight is 568 g/mol. The Balaban J connectivity index is 2.14. The smallest absolute Gasteiger partial charge is 0.324 e. The lowest BCUT2D eigenvalue weighted by Gasteiger charge is -2.26. The summed E-state index contributed by atoms with van der Waals surface area (Å²) in [6, 6.07) is 8.92. The molecule has 0 aliphatic carbocycles. The molecule has 0 amide bonds. The first kappa shape index (κ1) is 32.8. The minimum atomic E-state index is -3.62. The fourth-order valence-corrected chi connectivity index (χ4v) is 6.67. The molecule has 0 radical (unpaired) electrons. The Morgan fingerprint density at radius 3 is 2.15 bits per heavy atom. The van der Waals surface area contributed by atoms with Gasteiger partial charge >= 0.3 is 5.97 Å². The van der Waals surface area contributed by atoms with Crippen LogP contribution in [0.25, 0.3) is 0 Å². The largest absolute Gasteiger partial charge is 0.458 e. The van der Waals surface area contributed by atoms with E-state index in [1.54, 1.807) is 0 Å². The van der Waals surface area contributed by atoms with Crippen LogP contribution >= 0.6 is 0 Å². The maximum Gasteiger partial charge on any atom is 0.324 e. The van der Waals surface area contributed by atoms with Gasteiger partial charge < -0.3 is 21.5 Å². The van der Waals surface area contributed by atoms with Gasteiger partial charge in [-0.25, -0.2) is 17.2 Å². The summed E-state index contributed by atoms with van der Waals surface area (Å²) in [6.45, 7) is 6.49. The quantitative estimate of drug-likeness (QED) is 0.248. The van der Waals surface area contributed by atoms with Crippen molar-refractivity contribution in [2.24, 2.45) is 11.5 Å². The fourth-order valence-electron chi connectivity index (χ4n) is 4.57. The molecule has 7 nitrogen and oxygen atoms in total. The van der Waals surface area contributed by atoms with Gasteiger partial charge in [0.1, 0.15) is 23.8 Å². The molecule has 0 saturated heterocycles. The molecule has 218 valence electrons. The lowest BCUT2D eigenvalue weighted by molar-refractivity contribution is -0.151. The molecule has 2 aromatic carbocycles. The number of ether oxygens (including phenoxy) is 1. The van der Waals surface area contributed by atoms with Gasteiger partial charge in [-0.3, -0.25) is 4.79 Å². The summed E-state index contributed by atoms with van der Waals surface area (Å²) in [5.74, 6) is -2.88. The van der Waals surface area contributed by atoms with Gasteiger partial charge in [-0.05, 0) is 54.5 Å². The van der Waals surface area contributed by atoms with E-state index in [1.165, 1.54) is 17.7 Å². The zero-order chi connectivity index (χ0) is 29.0. The van der Waals surface area contributed by atoms with Crippen LogP contribution in [0.5, 0.6) is 0 Å². The number of sulfone groups is 1. The molecule has 0 fully saturated rings. The molecule has 0 heterocycles. The number of nitrogens with two attached hydrogens (primary N) is 2. The van der Waals surface area contributed by atoms with Crippen LogP contribution in [0.1, 0.15) is 63.1 Å². The summed E-state index contributed by atoms with van der Waals surface area (Å²) in [5.41, 5.74) is 14.9. The van der Waals surface area contributed by atoms with Crippen molar-refractivity contribution in [1.29, 1.82) is 0 Å². The van der Waals surface area contributed by atoms with E-state index in [-0.39, 0.29) is 13.0 Å². The molecule has 3 atom stereocenters. The molecule has 0 aromatic heterocycles. The second-order valence-corrected chi connectivity index (χ2v) is 12.4. The Labute approximate surface area is 231 Å². The van der Waals surface area contributed by atoms with Crippen molar-refractivity contribution in [2.45, 2.75) is 89.3 Å². The minimum Gasteiger partial charge on any atom is -0.458 e. The normalized spacial score (nSPS) is 14.3. The van der Waals surface area contributed by atoms with E-state index in [0.29, 0.717) is 37.8 Å². The Bertz CT molecular complexity index is 1140. The van der Waals surface area contributed by atoms with Crippen LogP contribution in [0.4, 0.5) is 8.78 Å². The monoisotopic (exact) mass is 567 g/mol. The number of aryl methyl sites for hydroxylation is 1. The van der Waals surface area contributed by atoms with Crippen LogP contribution in [0, 0.1) is 11.6 Å². The number of hydrogen-bond donors (Lipinski definition) is 3. The van der Waals surface area contributed by atoms with Gasteiger partial charge in [-0.1, -0.05) is 57.9 Å². The number of esters is 1. The standard InChI is InChI=1S/C29H43F2N3O4S/c1-4-8-25(9-5-2)39(36,37)19-27(33)29(35)38-28(18-34-17-21-11-7-10-20(6-3)12-21)26(32)15-22-13-23(30)16-24(31)14-22/h7,10-14,16,25-28,34H,4-6,8-9,15,17-19,32-33H2,1-3H3/t26-,27-,28+/m0/s1. The molecule has 5 N–H and O–H groups in total. The van der Waals surface area contributed by atoms with E-state index in [4.69, 9.17) is 16.2 Å². The van der Waals surface area contributed by atoms with Gasteiger partial charge in [0.05, 0.1) is 11.0 Å². The number of benzene rings is 2. The van der Waals surface area contributed by atoms with Crippen LogP contribution in [0.3, 0.4) is 0 Å². The first-order valence-corrected chi connectivity index (χ1v) is 15.4. The van der Waals surface area contributed by atoms with Gasteiger partial charge in [0, 0.05) is 25.2 Å². The highest BCUT2D eigenvalue weighted by atomic mass is 32.2. The predicted octanol–water partition coefficient (Wildman–Crippen LogP) is 3.81. The summed E-state index contributed by atoms with van der Waals surface area (Å²) >= 11 is 0. The van der Waals surface area contributed by atoms with Crippen molar-refractivity contribution >= 4 is 15.8 Å². The number of rotatable bonds is 17. The number of nitrogens with one attached hydrogen (secondary N) is 1. The Hall–Kier alpha value is -2.40. The van der Waals surface area contributed by atoms with E-state index in [1.807, 2.05) is 32.0 Å². The third kappa shape index (κ3) is 10.9. The van der Waals surface area contributed by atoms with Crippen molar-refractivity contribution < 1.29 is 26.7 Å². The molecule has 2 rings (SSSR count). The summed E-state index contributed by atoms with van der Waals surface area (Å²) in [7, 11) is -3.62. The lowest BCUT2D eigenvalue weighted by Crippen LogP contribution is -2.49. The maximum atomic E-state index is 13.7. The summed E-state index contributed by atoms with van der Waals surface area (Å²) < 4.78 is 59.0. The van der Waals surface area contributed by atoms with E-state index in [0.717, 1.165) is 18.1 Å². The minimum absolute atomic E-state index is 0.0300. The molecule has 0 aliphatic rings. The Kier molecular flexibility index (Phi) is 13.5. The van der Waals surface area contributed by atoms with Crippen molar-refractivity contribution in [1.82, 2.24) is 5.32 Å². The van der Waals surface area contributed by atoms with Crippen molar-refractivity contribution in [2.75, 3.05) is 12.3 Å². The molecule has 2 aromatic rings. The highest BCUT2D eigenvalue weighted by Gasteiger charge is 2.32. The molecule has 0 spiro atoms.